The molecule has 0 bridgehead atoms. The van der Waals surface area contributed by atoms with Crippen LogP contribution in [0.5, 0.6) is 5.75 Å². The van der Waals surface area contributed by atoms with E-state index in [1.165, 1.54) is 6.08 Å². The highest BCUT2D eigenvalue weighted by molar-refractivity contribution is 9.10. The van der Waals surface area contributed by atoms with Gasteiger partial charge in [0.05, 0.1) is 0 Å². The van der Waals surface area contributed by atoms with Gasteiger partial charge in [0.1, 0.15) is 12.4 Å². The summed E-state index contributed by atoms with van der Waals surface area (Å²) in [6, 6.07) is 3.76. The minimum absolute atomic E-state index is 0.465. The van der Waals surface area contributed by atoms with E-state index in [0.717, 1.165) is 21.7 Å². The number of carbonyl (C=O) groups is 1. The highest BCUT2D eigenvalue weighted by Crippen LogP contribution is 2.29. The lowest BCUT2D eigenvalue weighted by molar-refractivity contribution is -0.131. The van der Waals surface area contributed by atoms with Crippen molar-refractivity contribution in [1.29, 1.82) is 0 Å². The Morgan fingerprint density at radius 1 is 1.50 bits per heavy atom. The van der Waals surface area contributed by atoms with Crippen molar-refractivity contribution < 1.29 is 14.6 Å². The zero-order valence-electron chi connectivity index (χ0n) is 10.3. The average Bonchev–Trinajstić information content (AvgIpc) is 2.29. The number of carboxylic acids is 1. The minimum atomic E-state index is -0.980. The van der Waals surface area contributed by atoms with Crippen LogP contribution in [0.1, 0.15) is 18.1 Å². The molecule has 18 heavy (non-hydrogen) atoms. The van der Waals surface area contributed by atoms with Crippen LogP contribution in [0.25, 0.3) is 6.08 Å². The molecule has 1 aromatic carbocycles. The second kappa shape index (κ2) is 7.01. The van der Waals surface area contributed by atoms with Gasteiger partial charge < -0.3 is 9.84 Å². The monoisotopic (exact) mass is 310 g/mol. The summed E-state index contributed by atoms with van der Waals surface area (Å²) < 4.78 is 6.54. The third kappa shape index (κ3) is 4.37. The van der Waals surface area contributed by atoms with Crippen LogP contribution in [-0.2, 0) is 4.79 Å². The third-order valence-corrected chi connectivity index (χ3v) is 2.69. The van der Waals surface area contributed by atoms with Gasteiger partial charge in [0, 0.05) is 16.1 Å². The quantitative estimate of drug-likeness (QED) is 0.664. The van der Waals surface area contributed by atoms with E-state index in [9.17, 15) is 4.79 Å². The molecule has 1 N–H and O–H groups in total. The Labute approximate surface area is 115 Å². The number of aryl methyl sites for hydroxylation is 1. The maximum Gasteiger partial charge on any atom is 0.328 e. The van der Waals surface area contributed by atoms with Crippen molar-refractivity contribution in [2.24, 2.45) is 0 Å². The topological polar surface area (TPSA) is 46.5 Å². The zero-order valence-corrected chi connectivity index (χ0v) is 11.9. The Kier molecular flexibility index (Phi) is 5.65. The molecule has 0 radical (unpaired) electrons. The fourth-order valence-electron chi connectivity index (χ4n) is 1.47. The van der Waals surface area contributed by atoms with Gasteiger partial charge in [0.25, 0.3) is 0 Å². The highest BCUT2D eigenvalue weighted by Gasteiger charge is 2.06. The van der Waals surface area contributed by atoms with Gasteiger partial charge in [-0.25, -0.2) is 4.79 Å². The average molecular weight is 311 g/mol. The summed E-state index contributed by atoms with van der Waals surface area (Å²) in [7, 11) is 0. The van der Waals surface area contributed by atoms with Crippen molar-refractivity contribution in [3.63, 3.8) is 0 Å². The van der Waals surface area contributed by atoms with Crippen molar-refractivity contribution in [2.75, 3.05) is 6.61 Å². The molecule has 3 nitrogen and oxygen atoms in total. The molecular weight excluding hydrogens is 296 g/mol. The summed E-state index contributed by atoms with van der Waals surface area (Å²) >= 11 is 3.39. The first-order valence-electron chi connectivity index (χ1n) is 5.49. The number of benzene rings is 1. The van der Waals surface area contributed by atoms with Crippen molar-refractivity contribution >= 4 is 28.0 Å². The number of hydrogen-bond acceptors (Lipinski definition) is 2. The van der Waals surface area contributed by atoms with Gasteiger partial charge >= 0.3 is 5.97 Å². The van der Waals surface area contributed by atoms with E-state index in [4.69, 9.17) is 9.84 Å². The standard InChI is InChI=1S/C14H15BrO3/c1-3-4-7-18-14-10(2)8-12(15)9-11(14)5-6-13(16)17/h3-6,8-9H,7H2,1-2H3,(H,16,17)/b4-3+,6-5+. The van der Waals surface area contributed by atoms with E-state index in [1.54, 1.807) is 0 Å². The number of rotatable bonds is 5. The first kappa shape index (κ1) is 14.5. The van der Waals surface area contributed by atoms with Gasteiger partial charge in [-0.05, 0) is 37.6 Å². The summed E-state index contributed by atoms with van der Waals surface area (Å²) in [6.07, 6.45) is 6.43. The maximum atomic E-state index is 10.6. The summed E-state index contributed by atoms with van der Waals surface area (Å²) in [5, 5.41) is 8.67. The molecule has 0 fully saturated rings. The van der Waals surface area contributed by atoms with Crippen LogP contribution < -0.4 is 4.74 Å². The molecule has 0 unspecified atom stereocenters. The molecule has 0 spiro atoms. The van der Waals surface area contributed by atoms with Crippen LogP contribution in [-0.4, -0.2) is 17.7 Å². The molecule has 0 saturated heterocycles. The van der Waals surface area contributed by atoms with Gasteiger partial charge in [-0.3, -0.25) is 0 Å². The fraction of sp³-hybridized carbons (Fsp3) is 0.214. The van der Waals surface area contributed by atoms with Gasteiger partial charge in [-0.2, -0.15) is 0 Å². The van der Waals surface area contributed by atoms with Crippen LogP contribution >= 0.6 is 15.9 Å². The summed E-state index contributed by atoms with van der Waals surface area (Å²) in [6.45, 7) is 4.31. The molecule has 96 valence electrons. The van der Waals surface area contributed by atoms with E-state index < -0.39 is 5.97 Å². The lowest BCUT2D eigenvalue weighted by Crippen LogP contribution is -1.98. The molecule has 0 saturated carbocycles. The molecule has 0 atom stereocenters. The molecule has 1 rings (SSSR count). The number of allylic oxidation sites excluding steroid dienone is 1. The summed E-state index contributed by atoms with van der Waals surface area (Å²) in [5.41, 5.74) is 1.70. The molecule has 4 heteroatoms. The third-order valence-electron chi connectivity index (χ3n) is 2.23. The lowest BCUT2D eigenvalue weighted by atomic mass is 10.1. The first-order valence-corrected chi connectivity index (χ1v) is 6.29. The Morgan fingerprint density at radius 2 is 2.22 bits per heavy atom. The normalized spacial score (nSPS) is 11.3. The SMILES string of the molecule is C/C=C/COc1c(C)cc(Br)cc1/C=C/C(=O)O. The molecule has 0 heterocycles. The molecule has 1 aromatic rings. The molecule has 0 aliphatic carbocycles. The Bertz CT molecular complexity index is 490. The van der Waals surface area contributed by atoms with Gasteiger partial charge in [0.2, 0.25) is 0 Å². The van der Waals surface area contributed by atoms with Crippen LogP contribution in [0.3, 0.4) is 0 Å². The highest BCUT2D eigenvalue weighted by atomic mass is 79.9. The largest absolute Gasteiger partial charge is 0.489 e. The molecule has 0 amide bonds. The Hall–Kier alpha value is -1.55. The van der Waals surface area contributed by atoms with Crippen molar-refractivity contribution in [1.82, 2.24) is 0 Å². The summed E-state index contributed by atoms with van der Waals surface area (Å²) in [5.74, 6) is -0.277. The number of aliphatic carboxylic acids is 1. The van der Waals surface area contributed by atoms with Crippen LogP contribution in [0.15, 0.2) is 34.8 Å². The maximum absolute atomic E-state index is 10.6. The predicted octanol–water partition coefficient (Wildman–Crippen LogP) is 3.81. The van der Waals surface area contributed by atoms with Gasteiger partial charge in [-0.1, -0.05) is 28.1 Å². The van der Waals surface area contributed by atoms with E-state index >= 15 is 0 Å². The van der Waals surface area contributed by atoms with E-state index in [0.29, 0.717) is 12.4 Å². The van der Waals surface area contributed by atoms with Crippen LogP contribution in [0.4, 0.5) is 0 Å². The molecular formula is C14H15BrO3. The molecule has 0 aliphatic heterocycles. The zero-order chi connectivity index (χ0) is 13.5. The van der Waals surface area contributed by atoms with Crippen LogP contribution in [0.2, 0.25) is 0 Å². The number of ether oxygens (including phenoxy) is 1. The molecule has 0 aliphatic rings. The predicted molar refractivity (Wildman–Crippen MR) is 75.9 cm³/mol. The Balaban J connectivity index is 3.08. The fourth-order valence-corrected chi connectivity index (χ4v) is 2.06. The second-order valence-electron chi connectivity index (χ2n) is 3.69. The van der Waals surface area contributed by atoms with Crippen molar-refractivity contribution in [3.8, 4) is 5.75 Å². The van der Waals surface area contributed by atoms with E-state index in [2.05, 4.69) is 15.9 Å². The van der Waals surface area contributed by atoms with Crippen molar-refractivity contribution in [2.45, 2.75) is 13.8 Å². The molecule has 0 aromatic heterocycles. The lowest BCUT2D eigenvalue weighted by Gasteiger charge is -2.11. The minimum Gasteiger partial charge on any atom is -0.489 e. The number of halogens is 1. The van der Waals surface area contributed by atoms with Crippen LogP contribution in [0, 0.1) is 6.92 Å². The summed E-state index contributed by atoms with van der Waals surface area (Å²) in [4.78, 5) is 10.6. The van der Waals surface area contributed by atoms with Crippen molar-refractivity contribution in [3.05, 3.63) is 46.0 Å². The van der Waals surface area contributed by atoms with E-state index in [1.807, 2.05) is 38.1 Å². The van der Waals surface area contributed by atoms with Gasteiger partial charge in [0.15, 0.2) is 0 Å². The Morgan fingerprint density at radius 3 is 2.83 bits per heavy atom. The first-order chi connectivity index (χ1) is 8.54. The van der Waals surface area contributed by atoms with E-state index in [-0.39, 0.29) is 0 Å². The second-order valence-corrected chi connectivity index (χ2v) is 4.61. The number of hydrogen-bond donors (Lipinski definition) is 1. The van der Waals surface area contributed by atoms with Gasteiger partial charge in [-0.15, -0.1) is 0 Å². The number of carboxylic acid groups (broad SMARTS) is 1. The smallest absolute Gasteiger partial charge is 0.328 e.